The number of carbonyl (C=O) groups excluding carboxylic acids is 2. The van der Waals surface area contributed by atoms with Gasteiger partial charge in [-0.15, -0.1) is 0 Å². The molecule has 4 rings (SSSR count). The molecule has 0 radical (unpaired) electrons. The minimum atomic E-state index is -0.462. The van der Waals surface area contributed by atoms with Crippen LogP contribution >= 0.6 is 0 Å². The number of hydrogen-bond acceptors (Lipinski definition) is 4. The summed E-state index contributed by atoms with van der Waals surface area (Å²) in [5.41, 5.74) is 7.00. The third kappa shape index (κ3) is 3.09. The van der Waals surface area contributed by atoms with Crippen LogP contribution in [0.25, 0.3) is 11.3 Å². The number of H-pyrrole nitrogens is 1. The van der Waals surface area contributed by atoms with Gasteiger partial charge in [-0.05, 0) is 44.2 Å². The van der Waals surface area contributed by atoms with E-state index in [1.165, 1.54) is 6.20 Å². The molecule has 1 atom stereocenters. The van der Waals surface area contributed by atoms with Crippen LogP contribution in [0.2, 0.25) is 0 Å². The Morgan fingerprint density at radius 2 is 2.19 bits per heavy atom. The molecule has 1 aliphatic carbocycles. The second kappa shape index (κ2) is 6.44. The highest BCUT2D eigenvalue weighted by Gasteiger charge is 2.54. The summed E-state index contributed by atoms with van der Waals surface area (Å²) in [7, 11) is 0. The maximum Gasteiger partial charge on any atom is 0.274 e. The van der Waals surface area contributed by atoms with Crippen LogP contribution in [0, 0.1) is 11.7 Å². The van der Waals surface area contributed by atoms with E-state index in [1.807, 2.05) is 11.8 Å². The lowest BCUT2D eigenvalue weighted by Crippen LogP contribution is -2.50. The highest BCUT2D eigenvalue weighted by atomic mass is 19.1. The molecule has 2 amide bonds. The van der Waals surface area contributed by atoms with Gasteiger partial charge in [-0.1, -0.05) is 6.92 Å². The van der Waals surface area contributed by atoms with Crippen LogP contribution in [0.4, 0.5) is 4.39 Å². The van der Waals surface area contributed by atoms with Crippen molar-refractivity contribution in [1.29, 1.82) is 0 Å². The number of primary amides is 1. The fourth-order valence-corrected chi connectivity index (χ4v) is 3.96. The Balaban J connectivity index is 1.57. The lowest BCUT2D eigenvalue weighted by Gasteiger charge is -2.38. The van der Waals surface area contributed by atoms with Gasteiger partial charge in [0.1, 0.15) is 0 Å². The summed E-state index contributed by atoms with van der Waals surface area (Å²) in [6.45, 7) is 2.43. The van der Waals surface area contributed by atoms with Gasteiger partial charge in [-0.2, -0.15) is 5.10 Å². The summed E-state index contributed by atoms with van der Waals surface area (Å²) < 4.78 is 14.2. The smallest absolute Gasteiger partial charge is 0.274 e. The van der Waals surface area contributed by atoms with E-state index in [-0.39, 0.29) is 29.0 Å². The van der Waals surface area contributed by atoms with Crippen LogP contribution in [-0.2, 0) is 11.2 Å². The van der Waals surface area contributed by atoms with E-state index in [0.717, 1.165) is 18.5 Å². The first-order valence-corrected chi connectivity index (χ1v) is 9.25. The average molecular weight is 371 g/mol. The van der Waals surface area contributed by atoms with Gasteiger partial charge < -0.3 is 10.6 Å². The molecule has 2 aromatic rings. The Hall–Kier alpha value is -2.77. The first kappa shape index (κ1) is 17.6. The van der Waals surface area contributed by atoms with Crippen LogP contribution in [-0.4, -0.2) is 44.0 Å². The van der Waals surface area contributed by atoms with E-state index >= 15 is 0 Å². The summed E-state index contributed by atoms with van der Waals surface area (Å²) in [5.74, 6) is -1.13. The zero-order valence-corrected chi connectivity index (χ0v) is 15.2. The molecular formula is C19H22FN5O2. The third-order valence-electron chi connectivity index (χ3n) is 5.74. The highest BCUT2D eigenvalue weighted by Crippen LogP contribution is 2.50. The molecule has 27 heavy (non-hydrogen) atoms. The van der Waals surface area contributed by atoms with Gasteiger partial charge >= 0.3 is 0 Å². The fraction of sp³-hybridized carbons (Fsp3) is 0.474. The number of rotatable bonds is 4. The van der Waals surface area contributed by atoms with Gasteiger partial charge in [-0.25, -0.2) is 4.39 Å². The fourth-order valence-electron chi connectivity index (χ4n) is 3.96. The summed E-state index contributed by atoms with van der Waals surface area (Å²) in [4.78, 5) is 30.4. The zero-order chi connectivity index (χ0) is 19.2. The lowest BCUT2D eigenvalue weighted by molar-refractivity contribution is -0.123. The Bertz CT molecular complexity index is 905. The van der Waals surface area contributed by atoms with Gasteiger partial charge in [0, 0.05) is 29.3 Å². The number of piperidine rings is 1. The summed E-state index contributed by atoms with van der Waals surface area (Å²) in [6, 6.07) is 3.24. The molecular weight excluding hydrogens is 349 g/mol. The van der Waals surface area contributed by atoms with Crippen molar-refractivity contribution in [2.24, 2.45) is 11.7 Å². The lowest BCUT2D eigenvalue weighted by atomic mass is 9.88. The topological polar surface area (TPSA) is 105 Å². The second-order valence-corrected chi connectivity index (χ2v) is 7.45. The number of amides is 2. The first-order chi connectivity index (χ1) is 12.9. The zero-order valence-electron chi connectivity index (χ0n) is 15.2. The summed E-state index contributed by atoms with van der Waals surface area (Å²) in [5, 5.41) is 6.89. The molecule has 2 aliphatic rings. The number of nitrogens with two attached hydrogens (primary N) is 1. The molecule has 8 heteroatoms. The molecule has 1 aliphatic heterocycles. The number of nitrogens with one attached hydrogen (secondary N) is 1. The number of aromatic nitrogens is 3. The Morgan fingerprint density at radius 1 is 1.41 bits per heavy atom. The van der Waals surface area contributed by atoms with Crippen molar-refractivity contribution in [1.82, 2.24) is 20.1 Å². The van der Waals surface area contributed by atoms with Gasteiger partial charge in [-0.3, -0.25) is 19.7 Å². The molecule has 1 spiro atoms. The third-order valence-corrected chi connectivity index (χ3v) is 5.74. The van der Waals surface area contributed by atoms with Crippen molar-refractivity contribution in [3.63, 3.8) is 0 Å². The van der Waals surface area contributed by atoms with Crippen molar-refractivity contribution < 1.29 is 14.0 Å². The van der Waals surface area contributed by atoms with Crippen LogP contribution in [0.15, 0.2) is 18.3 Å². The van der Waals surface area contributed by atoms with Crippen molar-refractivity contribution >= 4 is 11.8 Å². The maximum atomic E-state index is 14.2. The van der Waals surface area contributed by atoms with Gasteiger partial charge in [0.25, 0.3) is 5.91 Å². The predicted octanol–water partition coefficient (Wildman–Crippen LogP) is 2.04. The average Bonchev–Trinajstić information content (AvgIpc) is 3.24. The van der Waals surface area contributed by atoms with E-state index in [2.05, 4.69) is 15.2 Å². The van der Waals surface area contributed by atoms with Crippen molar-refractivity contribution in [3.8, 4) is 11.3 Å². The number of likely N-dealkylation sites (tertiary alicyclic amines) is 1. The van der Waals surface area contributed by atoms with Crippen LogP contribution < -0.4 is 5.73 Å². The largest absolute Gasteiger partial charge is 0.369 e. The van der Waals surface area contributed by atoms with Gasteiger partial charge in [0.2, 0.25) is 5.91 Å². The molecule has 2 aromatic heterocycles. The van der Waals surface area contributed by atoms with Crippen LogP contribution in [0.5, 0.6) is 0 Å². The number of aryl methyl sites for hydroxylation is 1. The van der Waals surface area contributed by atoms with E-state index in [9.17, 15) is 14.0 Å². The van der Waals surface area contributed by atoms with Crippen molar-refractivity contribution in [2.75, 3.05) is 6.54 Å². The number of aromatic amines is 1. The Labute approximate surface area is 156 Å². The summed E-state index contributed by atoms with van der Waals surface area (Å²) in [6.07, 6.45) is 4.80. The molecule has 0 aromatic carbocycles. The standard InChI is InChI=1S/C19H22FN5O2/c1-2-12-7-13(14(20)10-22-12)15-8-16(24-23-15)18(27)25-6-3-11(17(21)26)9-19(25)4-5-19/h7-8,10-11H,2-6,9H2,1H3,(H2,21,26)(H,23,24). The van der Waals surface area contributed by atoms with E-state index in [4.69, 9.17) is 5.73 Å². The summed E-state index contributed by atoms with van der Waals surface area (Å²) >= 11 is 0. The van der Waals surface area contributed by atoms with Gasteiger partial charge in [0.05, 0.1) is 11.9 Å². The van der Waals surface area contributed by atoms with Crippen molar-refractivity contribution in [3.05, 3.63) is 35.5 Å². The minimum absolute atomic E-state index is 0.176. The van der Waals surface area contributed by atoms with E-state index in [0.29, 0.717) is 37.1 Å². The van der Waals surface area contributed by atoms with Crippen molar-refractivity contribution in [2.45, 2.75) is 44.6 Å². The monoisotopic (exact) mass is 371 g/mol. The SMILES string of the molecule is CCc1cc(-c2cc(C(=O)N3CCC(C(N)=O)CC34CC4)n[nH]2)c(F)cn1. The second-order valence-electron chi connectivity index (χ2n) is 7.45. The predicted molar refractivity (Wildman–Crippen MR) is 96.1 cm³/mol. The molecule has 142 valence electrons. The molecule has 3 heterocycles. The molecule has 0 bridgehead atoms. The normalized spacial score (nSPS) is 20.7. The molecule has 1 unspecified atom stereocenters. The molecule has 3 N–H and O–H groups in total. The van der Waals surface area contributed by atoms with E-state index < -0.39 is 5.82 Å². The van der Waals surface area contributed by atoms with Crippen LogP contribution in [0.1, 0.15) is 48.8 Å². The quantitative estimate of drug-likeness (QED) is 0.858. The number of halogens is 1. The minimum Gasteiger partial charge on any atom is -0.369 e. The number of carbonyl (C=O) groups is 2. The first-order valence-electron chi connectivity index (χ1n) is 9.25. The Morgan fingerprint density at radius 3 is 2.85 bits per heavy atom. The number of hydrogen-bond donors (Lipinski definition) is 2. The Kier molecular flexibility index (Phi) is 4.20. The molecule has 2 fully saturated rings. The molecule has 7 nitrogen and oxygen atoms in total. The van der Waals surface area contributed by atoms with Crippen LogP contribution in [0.3, 0.4) is 0 Å². The number of pyridine rings is 1. The number of nitrogens with zero attached hydrogens (tertiary/aromatic N) is 3. The molecule has 1 saturated heterocycles. The van der Waals surface area contributed by atoms with Gasteiger partial charge in [0.15, 0.2) is 11.5 Å². The van der Waals surface area contributed by atoms with E-state index in [1.54, 1.807) is 12.1 Å². The molecule has 1 saturated carbocycles. The maximum absolute atomic E-state index is 14.2. The highest BCUT2D eigenvalue weighted by molar-refractivity contribution is 5.94.